The molecule has 0 aliphatic rings. The van der Waals surface area contributed by atoms with Crippen molar-refractivity contribution in [1.29, 1.82) is 0 Å². The van der Waals surface area contributed by atoms with Crippen LogP contribution in [0.5, 0.6) is 5.75 Å². The lowest BCUT2D eigenvalue weighted by atomic mass is 10.0. The van der Waals surface area contributed by atoms with Crippen LogP contribution < -0.4 is 0 Å². The van der Waals surface area contributed by atoms with E-state index in [1.54, 1.807) is 6.07 Å². The lowest BCUT2D eigenvalue weighted by Crippen LogP contribution is -2.03. The molecule has 0 saturated heterocycles. The minimum atomic E-state index is -4.34. The summed E-state index contributed by atoms with van der Waals surface area (Å²) in [5.41, 5.74) is 0.570. The van der Waals surface area contributed by atoms with Crippen molar-refractivity contribution in [1.82, 2.24) is 0 Å². The maximum Gasteiger partial charge on any atom is 0.416 e. The largest absolute Gasteiger partial charge is 0.508 e. The number of phenolic OH excluding ortho intramolecular Hbond substituents is 1. The zero-order chi connectivity index (χ0) is 13.3. The number of benzene rings is 2. The Bertz CT molecular complexity index is 541. The fourth-order valence-corrected chi connectivity index (χ4v) is 2.07. The van der Waals surface area contributed by atoms with Crippen molar-refractivity contribution in [2.24, 2.45) is 0 Å². The van der Waals surface area contributed by atoms with Crippen molar-refractivity contribution in [2.45, 2.75) is 6.18 Å². The molecule has 2 aromatic rings. The van der Waals surface area contributed by atoms with Gasteiger partial charge in [0.15, 0.2) is 0 Å². The van der Waals surface area contributed by atoms with Crippen molar-refractivity contribution in [3.8, 4) is 16.9 Å². The summed E-state index contributed by atoms with van der Waals surface area (Å²) in [7, 11) is 0. The predicted octanol–water partition coefficient (Wildman–Crippen LogP) is 4.84. The van der Waals surface area contributed by atoms with Gasteiger partial charge in [0.25, 0.3) is 0 Å². The molecule has 0 aromatic heterocycles. The van der Waals surface area contributed by atoms with E-state index in [4.69, 9.17) is 0 Å². The van der Waals surface area contributed by atoms with Gasteiger partial charge in [-0.15, -0.1) is 0 Å². The molecule has 0 heterocycles. The van der Waals surface area contributed by atoms with Gasteiger partial charge >= 0.3 is 6.18 Å². The predicted molar refractivity (Wildman–Crippen MR) is 66.2 cm³/mol. The summed E-state index contributed by atoms with van der Waals surface area (Å²) in [6.07, 6.45) is -4.34. The van der Waals surface area contributed by atoms with Crippen LogP contribution in [0.1, 0.15) is 5.56 Å². The molecular formula is C13H8BrF3O. The Morgan fingerprint density at radius 1 is 0.889 bits per heavy atom. The van der Waals surface area contributed by atoms with Crippen LogP contribution in [0.4, 0.5) is 13.2 Å². The number of hydrogen-bond acceptors (Lipinski definition) is 1. The van der Waals surface area contributed by atoms with Gasteiger partial charge in [-0.05, 0) is 41.5 Å². The fraction of sp³-hybridized carbons (Fsp3) is 0.0769. The third kappa shape index (κ3) is 2.85. The smallest absolute Gasteiger partial charge is 0.416 e. The van der Waals surface area contributed by atoms with E-state index < -0.39 is 11.7 Å². The van der Waals surface area contributed by atoms with Crippen molar-refractivity contribution >= 4 is 15.9 Å². The normalized spacial score (nSPS) is 11.6. The molecule has 0 saturated carbocycles. The van der Waals surface area contributed by atoms with Gasteiger partial charge in [-0.1, -0.05) is 28.1 Å². The van der Waals surface area contributed by atoms with Gasteiger partial charge in [0.2, 0.25) is 0 Å². The van der Waals surface area contributed by atoms with E-state index in [0.29, 0.717) is 15.6 Å². The summed E-state index contributed by atoms with van der Waals surface area (Å²) in [5, 5.41) is 9.43. The molecule has 5 heteroatoms. The fourth-order valence-electron chi connectivity index (χ4n) is 1.59. The SMILES string of the molecule is Oc1cc(Br)cc(-c2ccc(C(F)(F)F)cc2)c1. The Morgan fingerprint density at radius 2 is 1.50 bits per heavy atom. The Hall–Kier alpha value is -1.49. The average Bonchev–Trinajstić information content (AvgIpc) is 2.27. The van der Waals surface area contributed by atoms with E-state index in [1.165, 1.54) is 24.3 Å². The van der Waals surface area contributed by atoms with E-state index in [9.17, 15) is 18.3 Å². The summed E-state index contributed by atoms with van der Waals surface area (Å²) >= 11 is 3.22. The van der Waals surface area contributed by atoms with Crippen LogP contribution in [0.3, 0.4) is 0 Å². The van der Waals surface area contributed by atoms with Gasteiger partial charge in [-0.25, -0.2) is 0 Å². The van der Waals surface area contributed by atoms with Gasteiger partial charge in [0, 0.05) is 4.47 Å². The van der Waals surface area contributed by atoms with Crippen LogP contribution in [0.2, 0.25) is 0 Å². The van der Waals surface area contributed by atoms with Crippen LogP contribution in [-0.2, 0) is 6.18 Å². The molecule has 0 unspecified atom stereocenters. The molecule has 0 aliphatic heterocycles. The molecule has 0 fully saturated rings. The molecule has 0 bridgehead atoms. The van der Waals surface area contributed by atoms with Crippen LogP contribution in [0.25, 0.3) is 11.1 Å². The Kier molecular flexibility index (Phi) is 3.34. The first kappa shape index (κ1) is 13.0. The molecular weight excluding hydrogens is 309 g/mol. The number of hydrogen-bond donors (Lipinski definition) is 1. The maximum absolute atomic E-state index is 12.4. The molecule has 1 nitrogen and oxygen atoms in total. The highest BCUT2D eigenvalue weighted by molar-refractivity contribution is 9.10. The second-order valence-corrected chi connectivity index (χ2v) is 4.69. The second-order valence-electron chi connectivity index (χ2n) is 3.77. The first-order valence-electron chi connectivity index (χ1n) is 5.03. The zero-order valence-electron chi connectivity index (χ0n) is 9.00. The number of aromatic hydroxyl groups is 1. The average molecular weight is 317 g/mol. The third-order valence-electron chi connectivity index (χ3n) is 2.43. The van der Waals surface area contributed by atoms with Crippen molar-refractivity contribution in [3.05, 3.63) is 52.5 Å². The minimum absolute atomic E-state index is 0.0549. The molecule has 0 spiro atoms. The van der Waals surface area contributed by atoms with Crippen molar-refractivity contribution < 1.29 is 18.3 Å². The molecule has 2 rings (SSSR count). The summed E-state index contributed by atoms with van der Waals surface area (Å²) in [6, 6.07) is 9.53. The lowest BCUT2D eigenvalue weighted by molar-refractivity contribution is -0.137. The molecule has 1 N–H and O–H groups in total. The Labute approximate surface area is 110 Å². The molecule has 0 radical (unpaired) electrons. The number of rotatable bonds is 1. The zero-order valence-corrected chi connectivity index (χ0v) is 10.6. The monoisotopic (exact) mass is 316 g/mol. The van der Waals surface area contributed by atoms with E-state index in [0.717, 1.165) is 12.1 Å². The van der Waals surface area contributed by atoms with Crippen molar-refractivity contribution in [2.75, 3.05) is 0 Å². The molecule has 18 heavy (non-hydrogen) atoms. The van der Waals surface area contributed by atoms with Gasteiger partial charge in [0.1, 0.15) is 5.75 Å². The van der Waals surface area contributed by atoms with Crippen LogP contribution in [-0.4, -0.2) is 5.11 Å². The van der Waals surface area contributed by atoms with Gasteiger partial charge in [-0.3, -0.25) is 0 Å². The maximum atomic E-state index is 12.4. The first-order valence-corrected chi connectivity index (χ1v) is 5.83. The summed E-state index contributed by atoms with van der Waals surface area (Å²) in [5.74, 6) is 0.0549. The minimum Gasteiger partial charge on any atom is -0.508 e. The number of halogens is 4. The van der Waals surface area contributed by atoms with E-state index in [1.807, 2.05) is 0 Å². The number of phenols is 1. The topological polar surface area (TPSA) is 20.2 Å². The van der Waals surface area contributed by atoms with Gasteiger partial charge in [0.05, 0.1) is 5.56 Å². The highest BCUT2D eigenvalue weighted by Crippen LogP contribution is 2.32. The van der Waals surface area contributed by atoms with Gasteiger partial charge < -0.3 is 5.11 Å². The number of alkyl halides is 3. The van der Waals surface area contributed by atoms with Crippen molar-refractivity contribution in [3.63, 3.8) is 0 Å². The lowest BCUT2D eigenvalue weighted by Gasteiger charge is -2.08. The summed E-state index contributed by atoms with van der Waals surface area (Å²) < 4.78 is 37.9. The highest BCUT2D eigenvalue weighted by atomic mass is 79.9. The quantitative estimate of drug-likeness (QED) is 0.798. The third-order valence-corrected chi connectivity index (χ3v) is 2.89. The van der Waals surface area contributed by atoms with Crippen LogP contribution in [0, 0.1) is 0 Å². The molecule has 2 aromatic carbocycles. The standard InChI is InChI=1S/C13H8BrF3O/c14-11-5-9(6-12(18)7-11)8-1-3-10(4-2-8)13(15,16)17/h1-7,18H. The summed E-state index contributed by atoms with van der Waals surface area (Å²) in [4.78, 5) is 0. The molecule has 0 atom stereocenters. The molecule has 94 valence electrons. The highest BCUT2D eigenvalue weighted by Gasteiger charge is 2.29. The van der Waals surface area contributed by atoms with Gasteiger partial charge in [-0.2, -0.15) is 13.2 Å². The second kappa shape index (κ2) is 4.65. The van der Waals surface area contributed by atoms with E-state index >= 15 is 0 Å². The van der Waals surface area contributed by atoms with E-state index in [2.05, 4.69) is 15.9 Å². The first-order chi connectivity index (χ1) is 8.36. The Balaban J connectivity index is 2.40. The van der Waals surface area contributed by atoms with Crippen LogP contribution >= 0.6 is 15.9 Å². The molecule has 0 aliphatic carbocycles. The Morgan fingerprint density at radius 3 is 2.00 bits per heavy atom. The molecule has 0 amide bonds. The summed E-state index contributed by atoms with van der Waals surface area (Å²) in [6.45, 7) is 0. The van der Waals surface area contributed by atoms with Crippen LogP contribution in [0.15, 0.2) is 46.9 Å². The van der Waals surface area contributed by atoms with E-state index in [-0.39, 0.29) is 5.75 Å².